The molecule has 2 aromatic carbocycles. The molecule has 0 unspecified atom stereocenters. The number of halogens is 3. The number of nitrogens with zero attached hydrogens (tertiary/aromatic N) is 2. The van der Waals surface area contributed by atoms with Gasteiger partial charge in [0, 0.05) is 37.3 Å². The van der Waals surface area contributed by atoms with E-state index in [1.807, 2.05) is 0 Å². The van der Waals surface area contributed by atoms with E-state index in [0.29, 0.717) is 23.3 Å². The van der Waals surface area contributed by atoms with E-state index >= 15 is 0 Å². The summed E-state index contributed by atoms with van der Waals surface area (Å²) >= 11 is 6.02. The lowest BCUT2D eigenvalue weighted by Gasteiger charge is -2.36. The number of fused-ring (bicyclic) bond motifs is 1. The molecule has 0 aromatic heterocycles. The summed E-state index contributed by atoms with van der Waals surface area (Å²) in [5, 5.41) is 0.567. The van der Waals surface area contributed by atoms with E-state index in [1.165, 1.54) is 0 Å². The summed E-state index contributed by atoms with van der Waals surface area (Å²) in [6.07, 6.45) is 0.494. The summed E-state index contributed by atoms with van der Waals surface area (Å²) < 4.78 is 59.2. The Labute approximate surface area is 178 Å². The van der Waals surface area contributed by atoms with E-state index < -0.39 is 26.6 Å². The summed E-state index contributed by atoms with van der Waals surface area (Å²) in [7, 11) is -4.11. The smallest absolute Gasteiger partial charge is 0.246 e. The number of sulfonamides is 1. The van der Waals surface area contributed by atoms with Crippen molar-refractivity contribution in [3.05, 3.63) is 58.6 Å². The van der Waals surface area contributed by atoms with E-state index in [4.69, 9.17) is 16.3 Å². The molecule has 10 heteroatoms. The van der Waals surface area contributed by atoms with Crippen LogP contribution in [-0.4, -0.2) is 56.3 Å². The maximum atomic E-state index is 14.0. The number of ether oxygens (including phenoxy) is 1. The zero-order valence-electron chi connectivity index (χ0n) is 15.9. The van der Waals surface area contributed by atoms with Crippen LogP contribution in [-0.2, 0) is 21.2 Å². The number of amides is 1. The van der Waals surface area contributed by atoms with Crippen LogP contribution in [0.3, 0.4) is 0 Å². The van der Waals surface area contributed by atoms with Crippen molar-refractivity contribution in [2.24, 2.45) is 5.92 Å². The molecule has 1 atom stereocenters. The predicted molar refractivity (Wildman–Crippen MR) is 106 cm³/mol. The van der Waals surface area contributed by atoms with Crippen molar-refractivity contribution in [1.82, 2.24) is 9.21 Å². The summed E-state index contributed by atoms with van der Waals surface area (Å²) in [5.41, 5.74) is 0.861. The molecule has 2 aliphatic rings. The minimum absolute atomic E-state index is 0.0287. The highest BCUT2D eigenvalue weighted by molar-refractivity contribution is 7.89. The third-order valence-electron chi connectivity index (χ3n) is 5.34. The summed E-state index contributed by atoms with van der Waals surface area (Å²) in [6.45, 7) is 0.661. The van der Waals surface area contributed by atoms with Gasteiger partial charge in [-0.1, -0.05) is 11.6 Å². The van der Waals surface area contributed by atoms with Crippen molar-refractivity contribution in [2.45, 2.75) is 11.3 Å². The minimum Gasteiger partial charge on any atom is -0.492 e. The average molecular weight is 457 g/mol. The first-order valence-electron chi connectivity index (χ1n) is 9.41. The molecule has 2 aliphatic heterocycles. The fourth-order valence-corrected chi connectivity index (χ4v) is 5.41. The van der Waals surface area contributed by atoms with Crippen LogP contribution in [0.4, 0.5) is 8.78 Å². The van der Waals surface area contributed by atoms with Gasteiger partial charge in [-0.3, -0.25) is 4.79 Å². The molecule has 1 amide bonds. The Hall–Kier alpha value is -2.23. The first kappa shape index (κ1) is 21.0. The lowest BCUT2D eigenvalue weighted by Crippen LogP contribution is -2.53. The number of hydrogen-bond acceptors (Lipinski definition) is 4. The third-order valence-corrected chi connectivity index (χ3v) is 7.51. The standard InChI is InChI=1S/C20H19ClF2N2O4S/c21-15-1-3-18-13(10-15)9-14(12-29-18)20(26)24-5-7-25(8-6-24)30(27,28)19-4-2-16(22)11-17(19)23/h1-4,10-11,14H,5-9,12H2/t14-/m1/s1. The van der Waals surface area contributed by atoms with Gasteiger partial charge in [-0.25, -0.2) is 17.2 Å². The first-order valence-corrected chi connectivity index (χ1v) is 11.2. The van der Waals surface area contributed by atoms with Gasteiger partial charge >= 0.3 is 0 Å². The number of rotatable bonds is 3. The number of hydrogen-bond donors (Lipinski definition) is 0. The zero-order valence-corrected chi connectivity index (χ0v) is 17.4. The molecule has 160 valence electrons. The fourth-order valence-electron chi connectivity index (χ4n) is 3.75. The van der Waals surface area contributed by atoms with Crippen LogP contribution in [0, 0.1) is 17.6 Å². The molecule has 6 nitrogen and oxygen atoms in total. The molecule has 0 N–H and O–H groups in total. The molecule has 30 heavy (non-hydrogen) atoms. The molecule has 0 spiro atoms. The average Bonchev–Trinajstić information content (AvgIpc) is 2.72. The highest BCUT2D eigenvalue weighted by Crippen LogP contribution is 2.31. The monoisotopic (exact) mass is 456 g/mol. The second kappa shape index (κ2) is 8.13. The Bertz CT molecular complexity index is 1090. The van der Waals surface area contributed by atoms with Crippen LogP contribution in [0.2, 0.25) is 5.02 Å². The summed E-state index contributed by atoms with van der Waals surface area (Å²) in [4.78, 5) is 13.9. The SMILES string of the molecule is O=C([C@H]1COc2ccc(Cl)cc2C1)N1CCN(S(=O)(=O)c2ccc(F)cc2F)CC1. The molecule has 1 fully saturated rings. The molecule has 2 heterocycles. The van der Waals surface area contributed by atoms with Crippen molar-refractivity contribution < 1.29 is 26.7 Å². The zero-order chi connectivity index (χ0) is 21.5. The van der Waals surface area contributed by atoms with Gasteiger partial charge in [0.15, 0.2) is 0 Å². The van der Waals surface area contributed by atoms with Crippen LogP contribution in [0.1, 0.15) is 5.56 Å². The second-order valence-electron chi connectivity index (χ2n) is 7.27. The van der Waals surface area contributed by atoms with Crippen LogP contribution >= 0.6 is 11.6 Å². The molecule has 0 aliphatic carbocycles. The van der Waals surface area contributed by atoms with Gasteiger partial charge in [0.2, 0.25) is 15.9 Å². The molecule has 0 radical (unpaired) electrons. The number of carbonyl (C=O) groups is 1. The van der Waals surface area contributed by atoms with Gasteiger partial charge in [0.05, 0.1) is 5.92 Å². The van der Waals surface area contributed by atoms with Crippen LogP contribution in [0.25, 0.3) is 0 Å². The molecular formula is C20H19ClF2N2O4S. The quantitative estimate of drug-likeness (QED) is 0.712. The van der Waals surface area contributed by atoms with Gasteiger partial charge in [-0.05, 0) is 42.3 Å². The van der Waals surface area contributed by atoms with Crippen molar-refractivity contribution in [1.29, 1.82) is 0 Å². The summed E-state index contributed by atoms with van der Waals surface area (Å²) in [5.74, 6) is -1.77. The van der Waals surface area contributed by atoms with Crippen LogP contribution < -0.4 is 4.74 Å². The molecule has 0 bridgehead atoms. The van der Waals surface area contributed by atoms with Crippen LogP contribution in [0.15, 0.2) is 41.3 Å². The van der Waals surface area contributed by atoms with Gasteiger partial charge in [0.1, 0.15) is 28.9 Å². The van der Waals surface area contributed by atoms with E-state index in [-0.39, 0.29) is 44.6 Å². The highest BCUT2D eigenvalue weighted by Gasteiger charge is 2.35. The van der Waals surface area contributed by atoms with E-state index in [0.717, 1.165) is 22.0 Å². The topological polar surface area (TPSA) is 66.9 Å². The maximum absolute atomic E-state index is 14.0. The molecular weight excluding hydrogens is 438 g/mol. The van der Waals surface area contributed by atoms with E-state index in [2.05, 4.69) is 0 Å². The Morgan fingerprint density at radius 1 is 1.07 bits per heavy atom. The Kier molecular flexibility index (Phi) is 5.69. The van der Waals surface area contributed by atoms with Gasteiger partial charge in [-0.2, -0.15) is 4.31 Å². The van der Waals surface area contributed by atoms with Gasteiger partial charge in [0.25, 0.3) is 0 Å². The van der Waals surface area contributed by atoms with Crippen molar-refractivity contribution in [2.75, 3.05) is 32.8 Å². The molecule has 1 saturated heterocycles. The molecule has 2 aromatic rings. The lowest BCUT2D eigenvalue weighted by atomic mass is 9.95. The fraction of sp³-hybridized carbons (Fsp3) is 0.350. The minimum atomic E-state index is -4.11. The Balaban J connectivity index is 1.41. The number of carbonyl (C=O) groups excluding carboxylic acids is 1. The predicted octanol–water partition coefficient (Wildman–Crippen LogP) is 2.70. The number of piperazine rings is 1. The highest BCUT2D eigenvalue weighted by atomic mass is 35.5. The third kappa shape index (κ3) is 4.01. The maximum Gasteiger partial charge on any atom is 0.246 e. The van der Waals surface area contributed by atoms with E-state index in [9.17, 15) is 22.0 Å². The van der Waals surface area contributed by atoms with Crippen LogP contribution in [0.5, 0.6) is 5.75 Å². The van der Waals surface area contributed by atoms with Crippen molar-refractivity contribution >= 4 is 27.5 Å². The summed E-state index contributed by atoms with van der Waals surface area (Å²) in [6, 6.07) is 7.64. The Morgan fingerprint density at radius 2 is 1.80 bits per heavy atom. The molecule has 4 rings (SSSR count). The van der Waals surface area contributed by atoms with Crippen molar-refractivity contribution in [3.63, 3.8) is 0 Å². The van der Waals surface area contributed by atoms with Gasteiger partial charge < -0.3 is 9.64 Å². The Morgan fingerprint density at radius 3 is 2.50 bits per heavy atom. The normalized spacial score (nSPS) is 19.8. The lowest BCUT2D eigenvalue weighted by molar-refractivity contribution is -0.138. The van der Waals surface area contributed by atoms with E-state index in [1.54, 1.807) is 23.1 Å². The number of benzene rings is 2. The second-order valence-corrected chi connectivity index (χ2v) is 9.61. The first-order chi connectivity index (χ1) is 14.3. The van der Waals surface area contributed by atoms with Crippen molar-refractivity contribution in [3.8, 4) is 5.75 Å². The van der Waals surface area contributed by atoms with Gasteiger partial charge in [-0.15, -0.1) is 0 Å². The molecule has 0 saturated carbocycles. The largest absolute Gasteiger partial charge is 0.492 e.